The van der Waals surface area contributed by atoms with E-state index in [0.717, 1.165) is 19.3 Å². The molecule has 2 aliphatic rings. The molecule has 0 spiro atoms. The lowest BCUT2D eigenvalue weighted by Crippen LogP contribution is -2.38. The lowest BCUT2D eigenvalue weighted by molar-refractivity contribution is 0.271. The van der Waals surface area contributed by atoms with E-state index in [4.69, 9.17) is 5.73 Å². The Bertz CT molecular complexity index is 355. The van der Waals surface area contributed by atoms with Crippen LogP contribution in [0.15, 0.2) is 0 Å². The van der Waals surface area contributed by atoms with Crippen LogP contribution in [0.5, 0.6) is 0 Å². The predicted octanol–water partition coefficient (Wildman–Crippen LogP) is -0.148. The Morgan fingerprint density at radius 1 is 1.19 bits per heavy atom. The number of hydrogen-bond donors (Lipinski definition) is 1. The van der Waals surface area contributed by atoms with Crippen molar-refractivity contribution in [2.24, 2.45) is 17.6 Å². The highest BCUT2D eigenvalue weighted by atomic mass is 32.2. The molecule has 0 bridgehead atoms. The number of rotatable bonds is 2. The Kier molecular flexibility index (Phi) is 3.27. The SMILES string of the molecule is CN(C)S(=O)(=O)N1C[C@H]2CCC(N)C[C@H]2C1. The van der Waals surface area contributed by atoms with Gasteiger partial charge in [0.2, 0.25) is 0 Å². The quantitative estimate of drug-likeness (QED) is 0.738. The summed E-state index contributed by atoms with van der Waals surface area (Å²) in [5.41, 5.74) is 5.93. The lowest BCUT2D eigenvalue weighted by Gasteiger charge is -2.28. The van der Waals surface area contributed by atoms with Crippen LogP contribution in [0.4, 0.5) is 0 Å². The van der Waals surface area contributed by atoms with Crippen LogP contribution in [0.1, 0.15) is 19.3 Å². The highest BCUT2D eigenvalue weighted by Crippen LogP contribution is 2.36. The van der Waals surface area contributed by atoms with Crippen LogP contribution in [-0.2, 0) is 10.2 Å². The Balaban J connectivity index is 2.08. The Hall–Kier alpha value is -0.170. The number of nitrogens with zero attached hydrogens (tertiary/aromatic N) is 2. The van der Waals surface area contributed by atoms with Crippen LogP contribution >= 0.6 is 0 Å². The van der Waals surface area contributed by atoms with Crippen LogP contribution in [0.2, 0.25) is 0 Å². The second-order valence-electron chi connectivity index (χ2n) is 5.20. The van der Waals surface area contributed by atoms with Crippen LogP contribution in [-0.4, -0.2) is 50.3 Å². The van der Waals surface area contributed by atoms with Gasteiger partial charge < -0.3 is 5.73 Å². The van der Waals surface area contributed by atoms with E-state index in [0.29, 0.717) is 24.9 Å². The van der Waals surface area contributed by atoms with Crippen molar-refractivity contribution in [3.05, 3.63) is 0 Å². The molecule has 5 nitrogen and oxygen atoms in total. The van der Waals surface area contributed by atoms with Crippen LogP contribution in [0.25, 0.3) is 0 Å². The molecule has 0 radical (unpaired) electrons. The average Bonchev–Trinajstić information content (AvgIpc) is 2.60. The summed E-state index contributed by atoms with van der Waals surface area (Å²) in [4.78, 5) is 0. The molecule has 2 fully saturated rings. The third-order valence-electron chi connectivity index (χ3n) is 3.84. The van der Waals surface area contributed by atoms with E-state index >= 15 is 0 Å². The van der Waals surface area contributed by atoms with E-state index in [1.807, 2.05) is 0 Å². The van der Waals surface area contributed by atoms with Crippen molar-refractivity contribution in [3.8, 4) is 0 Å². The van der Waals surface area contributed by atoms with Crippen molar-refractivity contribution in [1.82, 2.24) is 8.61 Å². The number of nitrogens with two attached hydrogens (primary N) is 1. The fourth-order valence-corrected chi connectivity index (χ4v) is 4.07. The molecule has 0 amide bonds. The average molecular weight is 247 g/mol. The largest absolute Gasteiger partial charge is 0.328 e. The summed E-state index contributed by atoms with van der Waals surface area (Å²) in [6.45, 7) is 1.33. The lowest BCUT2D eigenvalue weighted by atomic mass is 9.79. The summed E-state index contributed by atoms with van der Waals surface area (Å²) in [5, 5.41) is 0. The van der Waals surface area contributed by atoms with Gasteiger partial charge in [0.15, 0.2) is 0 Å². The molecule has 1 unspecified atom stereocenters. The second-order valence-corrected chi connectivity index (χ2v) is 7.34. The number of hydrogen-bond acceptors (Lipinski definition) is 3. The maximum Gasteiger partial charge on any atom is 0.281 e. The highest BCUT2D eigenvalue weighted by Gasteiger charge is 2.41. The molecule has 6 heteroatoms. The molecule has 2 rings (SSSR count). The van der Waals surface area contributed by atoms with Crippen LogP contribution in [0.3, 0.4) is 0 Å². The van der Waals surface area contributed by atoms with Gasteiger partial charge in [0.1, 0.15) is 0 Å². The third-order valence-corrected chi connectivity index (χ3v) is 5.72. The highest BCUT2D eigenvalue weighted by molar-refractivity contribution is 7.86. The van der Waals surface area contributed by atoms with Crippen molar-refractivity contribution < 1.29 is 8.42 Å². The number of fused-ring (bicyclic) bond motifs is 1. The molecule has 1 heterocycles. The van der Waals surface area contributed by atoms with Gasteiger partial charge in [-0.15, -0.1) is 0 Å². The zero-order valence-electron chi connectivity index (χ0n) is 9.96. The smallest absolute Gasteiger partial charge is 0.281 e. The van der Waals surface area contributed by atoms with Gasteiger partial charge in [0, 0.05) is 33.2 Å². The zero-order chi connectivity index (χ0) is 11.9. The molecule has 16 heavy (non-hydrogen) atoms. The van der Waals surface area contributed by atoms with Crippen molar-refractivity contribution in [2.75, 3.05) is 27.2 Å². The van der Waals surface area contributed by atoms with Gasteiger partial charge in [-0.25, -0.2) is 0 Å². The first-order valence-electron chi connectivity index (χ1n) is 5.84. The molecular formula is C10H21N3O2S. The van der Waals surface area contributed by atoms with Crippen molar-refractivity contribution >= 4 is 10.2 Å². The predicted molar refractivity (Wildman–Crippen MR) is 63.0 cm³/mol. The molecule has 3 atom stereocenters. The van der Waals surface area contributed by atoms with Gasteiger partial charge in [-0.1, -0.05) is 0 Å². The van der Waals surface area contributed by atoms with Crippen LogP contribution in [0, 0.1) is 11.8 Å². The van der Waals surface area contributed by atoms with E-state index in [-0.39, 0.29) is 6.04 Å². The van der Waals surface area contributed by atoms with Crippen molar-refractivity contribution in [2.45, 2.75) is 25.3 Å². The molecule has 1 saturated heterocycles. The summed E-state index contributed by atoms with van der Waals surface area (Å²) < 4.78 is 26.9. The Morgan fingerprint density at radius 2 is 1.81 bits per heavy atom. The molecule has 1 aliphatic heterocycles. The fourth-order valence-electron chi connectivity index (χ4n) is 2.84. The Morgan fingerprint density at radius 3 is 2.44 bits per heavy atom. The minimum atomic E-state index is -3.23. The summed E-state index contributed by atoms with van der Waals surface area (Å²) in [5.74, 6) is 0.994. The summed E-state index contributed by atoms with van der Waals surface area (Å²) in [7, 11) is -0.0538. The summed E-state index contributed by atoms with van der Waals surface area (Å²) in [6.07, 6.45) is 3.09. The minimum absolute atomic E-state index is 0.267. The minimum Gasteiger partial charge on any atom is -0.328 e. The fraction of sp³-hybridized carbons (Fsp3) is 1.00. The third kappa shape index (κ3) is 2.11. The van der Waals surface area contributed by atoms with E-state index < -0.39 is 10.2 Å². The maximum absolute atomic E-state index is 12.0. The maximum atomic E-state index is 12.0. The van der Waals surface area contributed by atoms with Gasteiger partial charge in [-0.3, -0.25) is 0 Å². The molecule has 94 valence electrons. The monoisotopic (exact) mass is 247 g/mol. The van der Waals surface area contributed by atoms with Crippen molar-refractivity contribution in [1.29, 1.82) is 0 Å². The van der Waals surface area contributed by atoms with Gasteiger partial charge in [0.25, 0.3) is 10.2 Å². The molecule has 1 aliphatic carbocycles. The van der Waals surface area contributed by atoms with Gasteiger partial charge in [-0.2, -0.15) is 17.0 Å². The first kappa shape index (κ1) is 12.3. The van der Waals surface area contributed by atoms with E-state index in [2.05, 4.69) is 0 Å². The van der Waals surface area contributed by atoms with Crippen molar-refractivity contribution in [3.63, 3.8) is 0 Å². The summed E-state index contributed by atoms with van der Waals surface area (Å²) >= 11 is 0. The first-order valence-corrected chi connectivity index (χ1v) is 7.24. The molecule has 0 aromatic carbocycles. The molecule has 0 aromatic heterocycles. The molecule has 2 N–H and O–H groups in total. The van der Waals surface area contributed by atoms with Gasteiger partial charge >= 0.3 is 0 Å². The van der Waals surface area contributed by atoms with E-state index in [1.54, 1.807) is 18.4 Å². The normalized spacial score (nSPS) is 36.6. The van der Waals surface area contributed by atoms with E-state index in [1.165, 1.54) is 4.31 Å². The molecule has 0 aromatic rings. The van der Waals surface area contributed by atoms with Gasteiger partial charge in [0.05, 0.1) is 0 Å². The van der Waals surface area contributed by atoms with E-state index in [9.17, 15) is 8.42 Å². The van der Waals surface area contributed by atoms with Gasteiger partial charge in [-0.05, 0) is 31.1 Å². The standard InChI is InChI=1S/C10H21N3O2S/c1-12(2)16(14,15)13-6-8-3-4-10(11)5-9(8)7-13/h8-10H,3-7,11H2,1-2H3/t8-,9+,10?/m1/s1. The zero-order valence-corrected chi connectivity index (χ0v) is 10.8. The van der Waals surface area contributed by atoms with Crippen LogP contribution < -0.4 is 5.73 Å². The summed E-state index contributed by atoms with van der Waals surface area (Å²) in [6, 6.07) is 0.267. The topological polar surface area (TPSA) is 66.6 Å². The second kappa shape index (κ2) is 4.25. The first-order chi connectivity index (χ1) is 7.41. The Labute approximate surface area is 97.8 Å². The molecule has 1 saturated carbocycles. The molecular weight excluding hydrogens is 226 g/mol.